The monoisotopic (exact) mass is 506 g/mol. The van der Waals surface area contributed by atoms with Crippen molar-refractivity contribution in [3.8, 4) is 47.1 Å². The summed E-state index contributed by atoms with van der Waals surface area (Å²) in [6.45, 7) is 5.06. The largest absolute Gasteiger partial charge is 0.388 e. The summed E-state index contributed by atoms with van der Waals surface area (Å²) in [4.78, 5) is 41.2. The molecule has 0 saturated carbocycles. The molecule has 0 amide bonds. The molecule has 1 heterocycles. The SMILES string of the molecule is Cc1ccc(-n2c(=O)n(-c3ccc(C)c(OC#N)c3)c(=O)n(-c3ccc(C)c(OC#N)c3)c2=O)cc1C#N. The van der Waals surface area contributed by atoms with Crippen molar-refractivity contribution in [3.63, 3.8) is 0 Å². The Bertz CT molecular complexity index is 1810. The molecule has 186 valence electrons. The van der Waals surface area contributed by atoms with Crippen molar-refractivity contribution in [2.45, 2.75) is 20.8 Å². The predicted molar refractivity (Wildman–Crippen MR) is 135 cm³/mol. The quantitative estimate of drug-likeness (QED) is 0.374. The van der Waals surface area contributed by atoms with Crippen LogP contribution in [0.2, 0.25) is 0 Å². The lowest BCUT2D eigenvalue weighted by Crippen LogP contribution is -2.52. The zero-order valence-corrected chi connectivity index (χ0v) is 20.4. The standard InChI is InChI=1S/C27H18N6O5/c1-16-4-7-20(10-19(16)13-28)31-25(34)32(21-8-5-17(2)23(11-21)37-14-29)27(36)33(26(31)35)22-9-6-18(3)24(12-22)38-15-30/h4-12H,1-3H3. The minimum atomic E-state index is -1.01. The molecule has 0 saturated heterocycles. The molecule has 3 aromatic carbocycles. The van der Waals surface area contributed by atoms with E-state index < -0.39 is 17.1 Å². The summed E-state index contributed by atoms with van der Waals surface area (Å²) in [5.74, 6) is 0.227. The number of rotatable bonds is 5. The second-order valence-corrected chi connectivity index (χ2v) is 8.25. The van der Waals surface area contributed by atoms with Gasteiger partial charge in [-0.2, -0.15) is 5.26 Å². The number of aryl methyl sites for hydroxylation is 3. The fourth-order valence-corrected chi connectivity index (χ4v) is 3.85. The lowest BCUT2D eigenvalue weighted by Gasteiger charge is -2.16. The van der Waals surface area contributed by atoms with Crippen LogP contribution in [0.15, 0.2) is 69.0 Å². The van der Waals surface area contributed by atoms with Gasteiger partial charge < -0.3 is 9.47 Å². The maximum atomic E-state index is 13.7. The molecule has 11 nitrogen and oxygen atoms in total. The Balaban J connectivity index is 2.16. The molecule has 4 rings (SSSR count). The van der Waals surface area contributed by atoms with E-state index >= 15 is 0 Å². The van der Waals surface area contributed by atoms with Crippen LogP contribution in [0, 0.1) is 55.1 Å². The minimum Gasteiger partial charge on any atom is -0.388 e. The summed E-state index contributed by atoms with van der Waals surface area (Å²) in [6, 6.07) is 15.2. The van der Waals surface area contributed by atoms with Gasteiger partial charge in [-0.1, -0.05) is 18.2 Å². The zero-order valence-electron chi connectivity index (χ0n) is 20.4. The molecule has 0 unspecified atom stereocenters. The van der Waals surface area contributed by atoms with Gasteiger partial charge in [0.15, 0.2) is 0 Å². The highest BCUT2D eigenvalue weighted by Crippen LogP contribution is 2.22. The molecule has 0 radical (unpaired) electrons. The van der Waals surface area contributed by atoms with Gasteiger partial charge in [0.1, 0.15) is 11.5 Å². The molecule has 1 aromatic heterocycles. The van der Waals surface area contributed by atoms with Gasteiger partial charge in [0.2, 0.25) is 0 Å². The van der Waals surface area contributed by atoms with Crippen LogP contribution < -0.4 is 26.5 Å². The van der Waals surface area contributed by atoms with E-state index in [1.807, 2.05) is 6.07 Å². The summed E-state index contributed by atoms with van der Waals surface area (Å²) in [6.07, 6.45) is 3.12. The zero-order chi connectivity index (χ0) is 27.6. The molecule has 0 N–H and O–H groups in total. The topological polar surface area (TPSA) is 156 Å². The number of nitrogens with zero attached hydrogens (tertiary/aromatic N) is 6. The van der Waals surface area contributed by atoms with Crippen molar-refractivity contribution in [1.29, 1.82) is 15.8 Å². The lowest BCUT2D eigenvalue weighted by molar-refractivity contribution is 0.502. The van der Waals surface area contributed by atoms with Crippen LogP contribution in [0.1, 0.15) is 22.3 Å². The van der Waals surface area contributed by atoms with Crippen LogP contribution in [-0.2, 0) is 0 Å². The lowest BCUT2D eigenvalue weighted by atomic mass is 10.1. The van der Waals surface area contributed by atoms with Crippen molar-refractivity contribution in [3.05, 3.63) is 108 Å². The number of hydrogen-bond acceptors (Lipinski definition) is 8. The average Bonchev–Trinajstić information content (AvgIpc) is 2.89. The van der Waals surface area contributed by atoms with E-state index in [1.54, 1.807) is 51.5 Å². The van der Waals surface area contributed by atoms with E-state index in [9.17, 15) is 19.6 Å². The number of aromatic nitrogens is 3. The first-order chi connectivity index (χ1) is 18.2. The van der Waals surface area contributed by atoms with Crippen LogP contribution in [-0.4, -0.2) is 13.7 Å². The summed E-state index contributed by atoms with van der Waals surface area (Å²) >= 11 is 0. The molecule has 0 fully saturated rings. The smallest absolute Gasteiger partial charge is 0.345 e. The molecule has 0 aliphatic carbocycles. The van der Waals surface area contributed by atoms with Crippen LogP contribution in [0.3, 0.4) is 0 Å². The minimum absolute atomic E-state index is 0.0339. The van der Waals surface area contributed by atoms with E-state index in [1.165, 1.54) is 36.4 Å². The summed E-state index contributed by atoms with van der Waals surface area (Å²) in [7, 11) is 0. The Morgan fingerprint density at radius 3 is 1.32 bits per heavy atom. The van der Waals surface area contributed by atoms with Crippen LogP contribution in [0.4, 0.5) is 0 Å². The van der Waals surface area contributed by atoms with Gasteiger partial charge in [-0.3, -0.25) is 0 Å². The van der Waals surface area contributed by atoms with E-state index in [0.717, 1.165) is 13.7 Å². The first kappa shape index (κ1) is 25.2. The number of ether oxygens (including phenoxy) is 2. The second kappa shape index (κ2) is 10.0. The van der Waals surface area contributed by atoms with Gasteiger partial charge in [0.25, 0.3) is 12.5 Å². The number of hydrogen-bond donors (Lipinski definition) is 0. The number of nitriles is 3. The first-order valence-corrected chi connectivity index (χ1v) is 11.1. The Hall–Kier alpha value is -5.86. The van der Waals surface area contributed by atoms with Crippen molar-refractivity contribution in [2.75, 3.05) is 0 Å². The van der Waals surface area contributed by atoms with Crippen molar-refractivity contribution < 1.29 is 9.47 Å². The fourth-order valence-electron chi connectivity index (χ4n) is 3.85. The van der Waals surface area contributed by atoms with Crippen LogP contribution in [0.5, 0.6) is 11.5 Å². The molecule has 38 heavy (non-hydrogen) atoms. The number of benzene rings is 3. The highest BCUT2D eigenvalue weighted by molar-refractivity contribution is 5.49. The van der Waals surface area contributed by atoms with Crippen LogP contribution >= 0.6 is 0 Å². The normalized spacial score (nSPS) is 10.2. The molecule has 11 heteroatoms. The highest BCUT2D eigenvalue weighted by atomic mass is 16.5. The van der Waals surface area contributed by atoms with Gasteiger partial charge in [-0.25, -0.2) is 28.1 Å². The molecule has 0 bridgehead atoms. The molecule has 4 aromatic rings. The van der Waals surface area contributed by atoms with Gasteiger partial charge in [-0.15, -0.1) is 10.5 Å². The first-order valence-electron chi connectivity index (χ1n) is 11.1. The third-order valence-electron chi connectivity index (χ3n) is 5.92. The molecule has 0 spiro atoms. The van der Waals surface area contributed by atoms with Gasteiger partial charge in [0.05, 0.1) is 28.7 Å². The molecule has 0 atom stereocenters. The average molecular weight is 506 g/mol. The predicted octanol–water partition coefficient (Wildman–Crippen LogP) is 2.66. The fraction of sp³-hybridized carbons (Fsp3) is 0.111. The molecule has 0 aliphatic rings. The Morgan fingerprint density at radius 1 is 0.579 bits per heavy atom. The van der Waals surface area contributed by atoms with E-state index in [2.05, 4.69) is 0 Å². The van der Waals surface area contributed by atoms with E-state index in [4.69, 9.17) is 20.0 Å². The molecular formula is C27H18N6O5. The van der Waals surface area contributed by atoms with E-state index in [-0.39, 0.29) is 34.1 Å². The van der Waals surface area contributed by atoms with Gasteiger partial charge in [-0.05, 0) is 61.7 Å². The van der Waals surface area contributed by atoms with Gasteiger partial charge in [0, 0.05) is 12.1 Å². The Kier molecular flexibility index (Phi) is 6.65. The van der Waals surface area contributed by atoms with Gasteiger partial charge >= 0.3 is 17.1 Å². The summed E-state index contributed by atoms with van der Waals surface area (Å²) < 4.78 is 12.2. The molecule has 0 aliphatic heterocycles. The molecular weight excluding hydrogens is 488 g/mol. The third-order valence-corrected chi connectivity index (χ3v) is 5.92. The van der Waals surface area contributed by atoms with E-state index in [0.29, 0.717) is 16.7 Å². The Morgan fingerprint density at radius 2 is 0.947 bits per heavy atom. The second-order valence-electron chi connectivity index (χ2n) is 8.25. The third kappa shape index (κ3) is 4.30. The maximum Gasteiger partial charge on any atom is 0.345 e. The van der Waals surface area contributed by atoms with Crippen molar-refractivity contribution in [1.82, 2.24) is 13.7 Å². The van der Waals surface area contributed by atoms with Crippen LogP contribution in [0.25, 0.3) is 17.1 Å². The highest BCUT2D eigenvalue weighted by Gasteiger charge is 2.21. The summed E-state index contributed by atoms with van der Waals surface area (Å²) in [5.41, 5.74) is -0.874. The van der Waals surface area contributed by atoms with Crippen molar-refractivity contribution >= 4 is 0 Å². The van der Waals surface area contributed by atoms with Crippen molar-refractivity contribution in [2.24, 2.45) is 0 Å². The Labute approximate surface area is 215 Å². The summed E-state index contributed by atoms with van der Waals surface area (Å²) in [5, 5.41) is 27.5. The maximum absolute atomic E-state index is 13.7.